The number of hydrogen-bond acceptors (Lipinski definition) is 2. The van der Waals surface area contributed by atoms with Gasteiger partial charge in [0.15, 0.2) is 0 Å². The highest BCUT2D eigenvalue weighted by molar-refractivity contribution is 7.12. The maximum Gasteiger partial charge on any atom is 0.0673 e. The predicted octanol–water partition coefficient (Wildman–Crippen LogP) is 4.96. The molecule has 1 heterocycles. The second-order valence-corrected chi connectivity index (χ2v) is 6.30. The molecule has 1 atom stereocenters. The first kappa shape index (κ1) is 15.3. The summed E-state index contributed by atoms with van der Waals surface area (Å²) in [5.74, 6) is 0. The van der Waals surface area contributed by atoms with Crippen molar-refractivity contribution in [3.05, 3.63) is 57.3 Å². The van der Waals surface area contributed by atoms with Gasteiger partial charge in [-0.2, -0.15) is 0 Å². The van der Waals surface area contributed by atoms with Crippen LogP contribution in [0.4, 0.5) is 0 Å². The van der Waals surface area contributed by atoms with E-state index in [9.17, 15) is 0 Å². The Labute approximate surface area is 127 Å². The van der Waals surface area contributed by atoms with E-state index in [4.69, 9.17) is 0 Å². The topological polar surface area (TPSA) is 12.0 Å². The molecule has 1 aromatic heterocycles. The molecule has 1 unspecified atom stereocenters. The molecule has 0 saturated carbocycles. The first-order valence-corrected chi connectivity index (χ1v) is 8.51. The van der Waals surface area contributed by atoms with Crippen LogP contribution in [0.25, 0.3) is 0 Å². The first-order valence-electron chi connectivity index (χ1n) is 7.69. The summed E-state index contributed by atoms with van der Waals surface area (Å²) in [6.45, 7) is 7.75. The minimum atomic E-state index is 0.344. The van der Waals surface area contributed by atoms with Crippen molar-refractivity contribution in [1.82, 2.24) is 5.32 Å². The van der Waals surface area contributed by atoms with E-state index in [1.165, 1.54) is 20.9 Å². The van der Waals surface area contributed by atoms with Gasteiger partial charge in [0.1, 0.15) is 0 Å². The lowest BCUT2D eigenvalue weighted by molar-refractivity contribution is 0.602. The molecule has 20 heavy (non-hydrogen) atoms. The van der Waals surface area contributed by atoms with Gasteiger partial charge in [0.05, 0.1) is 6.04 Å². The van der Waals surface area contributed by atoms with Crippen molar-refractivity contribution in [2.45, 2.75) is 46.1 Å². The molecule has 1 N–H and O–H groups in total. The molecule has 0 aliphatic heterocycles. The van der Waals surface area contributed by atoms with Crippen LogP contribution in [0, 0.1) is 0 Å². The van der Waals surface area contributed by atoms with E-state index in [1.807, 2.05) is 11.3 Å². The maximum absolute atomic E-state index is 3.72. The number of aryl methyl sites for hydroxylation is 2. The third-order valence-corrected chi connectivity index (χ3v) is 4.96. The molecule has 2 heteroatoms. The number of benzene rings is 1. The van der Waals surface area contributed by atoms with Gasteiger partial charge < -0.3 is 5.32 Å². The van der Waals surface area contributed by atoms with Gasteiger partial charge >= 0.3 is 0 Å². The fourth-order valence-corrected chi connectivity index (χ4v) is 3.58. The lowest BCUT2D eigenvalue weighted by Crippen LogP contribution is -2.23. The number of nitrogens with one attached hydrogen (secondary N) is 1. The highest BCUT2D eigenvalue weighted by atomic mass is 32.1. The number of thiophene rings is 1. The average molecular weight is 287 g/mol. The second kappa shape index (κ2) is 7.61. The summed E-state index contributed by atoms with van der Waals surface area (Å²) in [7, 11) is 0. The highest BCUT2D eigenvalue weighted by Gasteiger charge is 2.17. The fraction of sp³-hybridized carbons (Fsp3) is 0.444. The summed E-state index contributed by atoms with van der Waals surface area (Å²) in [4.78, 5) is 2.91. The highest BCUT2D eigenvalue weighted by Crippen LogP contribution is 2.31. The Balaban J connectivity index is 2.35. The van der Waals surface area contributed by atoms with Crippen LogP contribution in [0.3, 0.4) is 0 Å². The van der Waals surface area contributed by atoms with Gasteiger partial charge in [-0.1, -0.05) is 45.0 Å². The van der Waals surface area contributed by atoms with Crippen LogP contribution < -0.4 is 5.32 Å². The Hall–Kier alpha value is -1.12. The minimum absolute atomic E-state index is 0.344. The summed E-state index contributed by atoms with van der Waals surface area (Å²) in [5.41, 5.74) is 2.89. The first-order chi connectivity index (χ1) is 9.80. The zero-order valence-corrected chi connectivity index (χ0v) is 13.6. The predicted molar refractivity (Wildman–Crippen MR) is 89.7 cm³/mol. The number of rotatable bonds is 7. The molecule has 0 spiro atoms. The molecule has 0 aliphatic carbocycles. The third-order valence-electron chi connectivity index (χ3n) is 3.66. The molecular weight excluding hydrogens is 262 g/mol. The summed E-state index contributed by atoms with van der Waals surface area (Å²) in [6, 6.07) is 13.7. The van der Waals surface area contributed by atoms with Crippen LogP contribution >= 0.6 is 11.3 Å². The molecule has 1 nitrogen and oxygen atoms in total. The number of hydrogen-bond donors (Lipinski definition) is 1. The maximum atomic E-state index is 3.72. The van der Waals surface area contributed by atoms with Crippen LogP contribution in [0.5, 0.6) is 0 Å². The molecule has 2 aromatic rings. The van der Waals surface area contributed by atoms with Gasteiger partial charge in [-0.3, -0.25) is 0 Å². The van der Waals surface area contributed by atoms with Crippen LogP contribution in [-0.4, -0.2) is 6.54 Å². The van der Waals surface area contributed by atoms with Crippen molar-refractivity contribution < 1.29 is 0 Å². The van der Waals surface area contributed by atoms with Crippen LogP contribution in [0.15, 0.2) is 36.4 Å². The zero-order valence-electron chi connectivity index (χ0n) is 12.8. The summed E-state index contributed by atoms with van der Waals surface area (Å²) >= 11 is 1.94. The monoisotopic (exact) mass is 287 g/mol. The van der Waals surface area contributed by atoms with E-state index in [0.717, 1.165) is 25.8 Å². The van der Waals surface area contributed by atoms with Gasteiger partial charge in [0.2, 0.25) is 0 Å². The van der Waals surface area contributed by atoms with Crippen molar-refractivity contribution in [3.8, 4) is 0 Å². The third kappa shape index (κ3) is 3.50. The van der Waals surface area contributed by atoms with Crippen molar-refractivity contribution in [1.29, 1.82) is 0 Å². The van der Waals surface area contributed by atoms with Gasteiger partial charge in [-0.15, -0.1) is 11.3 Å². The van der Waals surface area contributed by atoms with Gasteiger partial charge in [0.25, 0.3) is 0 Å². The second-order valence-electron chi connectivity index (χ2n) is 5.10. The van der Waals surface area contributed by atoms with Gasteiger partial charge in [-0.05, 0) is 49.1 Å². The zero-order chi connectivity index (χ0) is 14.4. The van der Waals surface area contributed by atoms with Gasteiger partial charge in [-0.25, -0.2) is 0 Å². The molecule has 0 aliphatic rings. The van der Waals surface area contributed by atoms with Crippen molar-refractivity contribution >= 4 is 11.3 Å². The van der Waals surface area contributed by atoms with E-state index >= 15 is 0 Å². The lowest BCUT2D eigenvalue weighted by Gasteiger charge is -2.20. The van der Waals surface area contributed by atoms with E-state index in [0.29, 0.717) is 6.04 Å². The average Bonchev–Trinajstić information content (AvgIpc) is 2.97. The molecule has 108 valence electrons. The Morgan fingerprint density at radius 3 is 2.45 bits per heavy atom. The Morgan fingerprint density at radius 1 is 1.00 bits per heavy atom. The summed E-state index contributed by atoms with van der Waals surface area (Å²) in [6.07, 6.45) is 3.38. The SMILES string of the molecule is CCCNC(c1ccc(CC)s1)c1ccccc1CC. The van der Waals surface area contributed by atoms with E-state index in [-0.39, 0.29) is 0 Å². The summed E-state index contributed by atoms with van der Waals surface area (Å²) < 4.78 is 0. The van der Waals surface area contributed by atoms with Crippen molar-refractivity contribution in [3.63, 3.8) is 0 Å². The molecule has 0 radical (unpaired) electrons. The molecule has 0 bridgehead atoms. The van der Waals surface area contributed by atoms with Crippen molar-refractivity contribution in [2.75, 3.05) is 6.54 Å². The Kier molecular flexibility index (Phi) is 5.81. The molecule has 0 saturated heterocycles. The Bertz CT molecular complexity index is 530. The summed E-state index contributed by atoms with van der Waals surface area (Å²) in [5, 5.41) is 3.72. The standard InChI is InChI=1S/C18H25NS/c1-4-13-19-18(17-12-11-15(6-3)20-17)16-10-8-7-9-14(16)5-2/h7-12,18-19H,4-6,13H2,1-3H3. The Morgan fingerprint density at radius 2 is 1.80 bits per heavy atom. The fourth-order valence-electron chi connectivity index (χ4n) is 2.53. The van der Waals surface area contributed by atoms with Gasteiger partial charge in [0, 0.05) is 9.75 Å². The molecule has 2 rings (SSSR count). The van der Waals surface area contributed by atoms with E-state index in [1.54, 1.807) is 0 Å². The molecular formula is C18H25NS. The quantitative estimate of drug-likeness (QED) is 0.758. The van der Waals surface area contributed by atoms with E-state index < -0.39 is 0 Å². The largest absolute Gasteiger partial charge is 0.306 e. The molecule has 1 aromatic carbocycles. The van der Waals surface area contributed by atoms with Crippen LogP contribution in [0.2, 0.25) is 0 Å². The minimum Gasteiger partial charge on any atom is -0.306 e. The van der Waals surface area contributed by atoms with E-state index in [2.05, 4.69) is 62.5 Å². The lowest BCUT2D eigenvalue weighted by atomic mass is 9.97. The molecule has 0 amide bonds. The van der Waals surface area contributed by atoms with Crippen LogP contribution in [-0.2, 0) is 12.8 Å². The smallest absolute Gasteiger partial charge is 0.0673 e. The normalized spacial score (nSPS) is 12.6. The van der Waals surface area contributed by atoms with Crippen LogP contribution in [0.1, 0.15) is 54.1 Å². The van der Waals surface area contributed by atoms with Crippen molar-refractivity contribution in [2.24, 2.45) is 0 Å². The molecule has 0 fully saturated rings.